The van der Waals surface area contributed by atoms with Gasteiger partial charge >= 0.3 is 23.9 Å². The Kier molecular flexibility index (Phi) is 43.5. The number of carboxylic acid groups (broad SMARTS) is 4. The van der Waals surface area contributed by atoms with E-state index in [-0.39, 0.29) is 35.8 Å². The molecule has 2 aromatic heterocycles. The van der Waals surface area contributed by atoms with Crippen molar-refractivity contribution in [3.05, 3.63) is 52.1 Å². The standard InChI is InChI=1S/C49H82N4O30S.C18H19N7O4/c1-3-20(58)10-21(38(72)42(76)31(62)14-54)47(81)51-25(4-7-35(66)67)29(60)12-23(40(74)44(78)33(64)16-56)49(83)53-27(6-9-37(70)71)30(61)13-24(41(75)45(79)34(65)17-57)48(82)52-26(5-8-36(68)69)28(59)11-22(46(80)50-19(2)18-84)39(73)43(77)32(63)15-55;1-2-12(17(28)29)23-15(26)9-3-5-10(6-4-9)20-7-11-8-21-14-13(22-11)16(27)25-18(19)24-14/h19,21-27,31-34,38-45,54-57,62-65,72-79,84H,3-18H2,1-2H3,(H,50,80)(H,51,81)(H,52,82)(H,53,83)(H,66,67)(H,68,69)(H,70,71);3-6,8,12,20H,2,7H2,1H3,(H,23,26)(H,28,29)(H3,19,21,24,25,27)/t19-,21-,22-,23-,24-,25+,26+,27+,31-,32-,33-,34-,38-,39-,40-,41-,42-,43-,44-,45-;12-/m10/s1. The summed E-state index contributed by atoms with van der Waals surface area (Å²) in [6.45, 7) is -0.312. The van der Waals surface area contributed by atoms with Gasteiger partial charge in [-0.3, -0.25) is 67.3 Å². The van der Waals surface area contributed by atoms with Crippen LogP contribution in [-0.2, 0) is 64.1 Å². The van der Waals surface area contributed by atoms with Crippen molar-refractivity contribution in [2.75, 3.05) is 43.2 Å². The van der Waals surface area contributed by atoms with Crippen molar-refractivity contribution in [2.24, 2.45) is 23.7 Å². The summed E-state index contributed by atoms with van der Waals surface area (Å²) < 4.78 is 0. The third-order valence-corrected chi connectivity index (χ3v) is 18.2. The normalized spacial score (nSPS) is 17.1. The highest BCUT2D eigenvalue weighted by atomic mass is 32.1. The topological polar surface area (TPSA) is 796 Å². The van der Waals surface area contributed by atoms with Gasteiger partial charge < -0.3 is 140 Å². The molecular formula is C67H101N11O34S. The summed E-state index contributed by atoms with van der Waals surface area (Å²) in [5.41, 5.74) is 6.83. The molecule has 0 spiro atoms. The molecule has 0 unspecified atom stereocenters. The molecule has 0 aliphatic rings. The maximum atomic E-state index is 14.3. The van der Waals surface area contributed by atoms with Gasteiger partial charge in [-0.1, -0.05) is 13.8 Å². The van der Waals surface area contributed by atoms with Gasteiger partial charge in [0.15, 0.2) is 28.5 Å². The first-order valence-corrected chi connectivity index (χ1v) is 35.7. The van der Waals surface area contributed by atoms with E-state index in [1.54, 1.807) is 31.2 Å². The van der Waals surface area contributed by atoms with E-state index < -0.39 is 300 Å². The van der Waals surface area contributed by atoms with E-state index in [2.05, 4.69) is 48.5 Å². The second kappa shape index (κ2) is 49.3. The zero-order chi connectivity index (χ0) is 86.0. The monoisotopic (exact) mass is 1640 g/mol. The minimum atomic E-state index is -2.72. The molecule has 0 fully saturated rings. The van der Waals surface area contributed by atoms with Gasteiger partial charge in [-0.05, 0) is 56.9 Å². The number of aliphatic hydroxyl groups is 16. The molecule has 5 amide bonds. The predicted octanol–water partition coefficient (Wildman–Crippen LogP) is -10.0. The number of nitrogens with zero attached hydrogens (tertiary/aromatic N) is 3. The van der Waals surface area contributed by atoms with Crippen LogP contribution in [0.25, 0.3) is 11.2 Å². The number of hydrogen-bond donors (Lipinski definition) is 29. The number of nitrogens with one attached hydrogen (secondary N) is 7. The number of nitrogen functional groups attached to an aromatic ring is 1. The average Bonchev–Trinajstić information content (AvgIpc) is 0.880. The third kappa shape index (κ3) is 32.2. The van der Waals surface area contributed by atoms with Crippen LogP contribution in [-0.4, -0.2) is 334 Å². The van der Waals surface area contributed by atoms with Gasteiger partial charge in [-0.2, -0.15) is 17.6 Å². The van der Waals surface area contributed by atoms with Gasteiger partial charge in [0.2, 0.25) is 29.6 Å². The summed E-state index contributed by atoms with van der Waals surface area (Å²) in [4.78, 5) is 196. The summed E-state index contributed by atoms with van der Waals surface area (Å²) in [5, 5.41) is 217. The molecule has 2 heterocycles. The lowest BCUT2D eigenvalue weighted by molar-refractivity contribution is -0.148. The smallest absolute Gasteiger partial charge is 0.326 e. The number of amides is 5. The van der Waals surface area contributed by atoms with Crippen LogP contribution in [0.2, 0.25) is 0 Å². The third-order valence-electron chi connectivity index (χ3n) is 17.7. The number of nitrogens with two attached hydrogens (primary N) is 1. The molecule has 634 valence electrons. The summed E-state index contributed by atoms with van der Waals surface area (Å²) in [5.74, 6) is -26.8. The van der Waals surface area contributed by atoms with Crippen molar-refractivity contribution in [3.63, 3.8) is 0 Å². The van der Waals surface area contributed by atoms with Crippen LogP contribution in [0, 0.1) is 23.7 Å². The predicted molar refractivity (Wildman–Crippen MR) is 386 cm³/mol. The summed E-state index contributed by atoms with van der Waals surface area (Å²) in [7, 11) is 0. The van der Waals surface area contributed by atoms with Crippen LogP contribution >= 0.6 is 12.6 Å². The minimum Gasteiger partial charge on any atom is -0.481 e. The Morgan fingerprint density at radius 1 is 0.487 bits per heavy atom. The van der Waals surface area contributed by atoms with Crippen LogP contribution < -0.4 is 43.2 Å². The number of aromatic nitrogens is 4. The Labute approximate surface area is 647 Å². The number of carbonyl (C=O) groups excluding carboxylic acids is 9. The Morgan fingerprint density at radius 3 is 1.16 bits per heavy atom. The number of anilines is 2. The number of Topliss-reactive ketones (excluding diaryl/α,β-unsaturated/α-hetero) is 4. The summed E-state index contributed by atoms with van der Waals surface area (Å²) >= 11 is 4.02. The van der Waals surface area contributed by atoms with E-state index in [1.165, 1.54) is 20.0 Å². The molecule has 0 bridgehead atoms. The number of rotatable bonds is 53. The fourth-order valence-electron chi connectivity index (χ4n) is 10.8. The molecule has 3 aromatic rings. The Bertz CT molecular complexity index is 3730. The number of benzene rings is 1. The molecule has 0 aliphatic carbocycles. The number of hydrogen-bond acceptors (Lipinski definition) is 36. The Morgan fingerprint density at radius 2 is 0.841 bits per heavy atom. The Balaban J connectivity index is 0.00000123. The molecule has 45 nitrogen and oxygen atoms in total. The molecule has 0 saturated heterocycles. The van der Waals surface area contributed by atoms with Crippen LogP contribution in [0.4, 0.5) is 11.6 Å². The number of carboxylic acids is 4. The SMILES string of the molecule is CCC(=O)C[C@@H](C(=O)N[C@@H](CCC(=O)O)C(=O)C[C@@H](C(=O)N[C@@H](CCC(=O)O)C(=O)C[C@@H](C(=O)N[C@@H](CCC(=O)O)C(=O)C[C@@H](C(=O)N[C@H](C)CS)[C@@H](O)[C@H](O)[C@H](O)CO)[C@@H](O)[C@H](O)[C@H](O)CO)[C@@H](O)[C@H](O)[C@H](O)CO)[C@@H](O)[C@H](O)[C@H](O)CO.CC[C@H](NC(=O)c1ccc(NCc2cnc3nc(N)[nH]c(=O)c3n2)cc1)C(=O)O. The zero-order valence-electron chi connectivity index (χ0n) is 61.3. The van der Waals surface area contributed by atoms with Gasteiger partial charge in [0.1, 0.15) is 60.7 Å². The highest BCUT2D eigenvalue weighted by Crippen LogP contribution is 2.26. The maximum absolute atomic E-state index is 14.3. The first-order chi connectivity index (χ1) is 53.0. The molecule has 113 heavy (non-hydrogen) atoms. The van der Waals surface area contributed by atoms with Gasteiger partial charge in [0, 0.05) is 74.4 Å². The van der Waals surface area contributed by atoms with E-state index >= 15 is 0 Å². The molecule has 0 aliphatic heterocycles. The van der Waals surface area contributed by atoms with Crippen LogP contribution in [0.15, 0.2) is 35.3 Å². The molecule has 46 heteroatoms. The lowest BCUT2D eigenvalue weighted by atomic mass is 9.84. The molecule has 3 rings (SSSR count). The minimum absolute atomic E-state index is 0.0274. The van der Waals surface area contributed by atoms with E-state index in [1.807, 2.05) is 16.0 Å². The second-order valence-electron chi connectivity index (χ2n) is 26.2. The molecule has 1 aromatic carbocycles. The largest absolute Gasteiger partial charge is 0.481 e. The van der Waals surface area contributed by atoms with Crippen LogP contribution in [0.5, 0.6) is 0 Å². The number of H-pyrrole nitrogens is 1. The highest BCUT2D eigenvalue weighted by molar-refractivity contribution is 7.80. The highest BCUT2D eigenvalue weighted by Gasteiger charge is 2.45. The van der Waals surface area contributed by atoms with E-state index in [9.17, 15) is 164 Å². The first-order valence-electron chi connectivity index (χ1n) is 35.0. The number of carbonyl (C=O) groups is 13. The van der Waals surface area contributed by atoms with Crippen molar-refractivity contribution in [2.45, 2.75) is 208 Å². The van der Waals surface area contributed by atoms with Crippen molar-refractivity contribution >= 4 is 112 Å². The fourth-order valence-corrected chi connectivity index (χ4v) is 10.9. The summed E-state index contributed by atoms with van der Waals surface area (Å²) in [6.07, 6.45) is -38.3. The van der Waals surface area contributed by atoms with Crippen molar-refractivity contribution < 1.29 is 164 Å². The quantitative estimate of drug-likeness (QED) is 0.0233. The van der Waals surface area contributed by atoms with E-state index in [0.29, 0.717) is 23.4 Å². The molecule has 29 N–H and O–H groups in total. The van der Waals surface area contributed by atoms with Gasteiger partial charge in [0.25, 0.3) is 11.5 Å². The average molecular weight is 1640 g/mol. The van der Waals surface area contributed by atoms with Crippen molar-refractivity contribution in [1.82, 2.24) is 46.5 Å². The molecule has 0 radical (unpaired) electrons. The number of aliphatic hydroxyl groups excluding tert-OH is 16. The van der Waals surface area contributed by atoms with E-state index in [4.69, 9.17) is 10.8 Å². The number of aliphatic carboxylic acids is 4. The van der Waals surface area contributed by atoms with Gasteiger partial charge in [-0.15, -0.1) is 0 Å². The second-order valence-corrected chi connectivity index (χ2v) is 26.6. The van der Waals surface area contributed by atoms with Crippen LogP contribution in [0.1, 0.15) is 114 Å². The number of ketones is 4. The fraction of sp³-hybridized carbons (Fsp3) is 0.627. The molecule has 0 saturated carbocycles. The first kappa shape index (κ1) is 99.7. The van der Waals surface area contributed by atoms with Crippen molar-refractivity contribution in [1.29, 1.82) is 0 Å². The summed E-state index contributed by atoms with van der Waals surface area (Å²) in [6, 6.07) is -1.71. The molecule has 21 atom stereocenters. The van der Waals surface area contributed by atoms with Gasteiger partial charge in [0.05, 0.1) is 111 Å². The number of aromatic amines is 1. The lowest BCUT2D eigenvalue weighted by Gasteiger charge is -2.32. The van der Waals surface area contributed by atoms with Gasteiger partial charge in [-0.25, -0.2) is 14.8 Å². The number of thiol groups is 1. The zero-order valence-corrected chi connectivity index (χ0v) is 62.2. The lowest BCUT2D eigenvalue weighted by Crippen LogP contribution is -2.55. The number of fused-ring (bicyclic) bond motifs is 1. The van der Waals surface area contributed by atoms with E-state index in [0.717, 1.165) is 0 Å². The van der Waals surface area contributed by atoms with Crippen LogP contribution in [0.3, 0.4) is 0 Å². The molecular weight excluding hydrogens is 1530 g/mol. The van der Waals surface area contributed by atoms with Crippen molar-refractivity contribution in [3.8, 4) is 0 Å². The Hall–Kier alpha value is -9.34. The maximum Gasteiger partial charge on any atom is 0.326 e.